The highest BCUT2D eigenvalue weighted by molar-refractivity contribution is 4.84. The molecule has 0 unspecified atom stereocenters. The number of rotatable bonds is 8. The van der Waals surface area contributed by atoms with Gasteiger partial charge in [-0.3, -0.25) is 0 Å². The topological polar surface area (TPSA) is 40.5 Å². The molecule has 2 rings (SSSR count). The molecular formula is C20H38O2. The SMILES string of the molecule is CCCCCCCC(C1CCC(O)CC1)C1CCC(O)CC1. The minimum Gasteiger partial charge on any atom is -0.393 e. The van der Waals surface area contributed by atoms with Gasteiger partial charge in [0.1, 0.15) is 0 Å². The predicted molar refractivity (Wildman–Crippen MR) is 92.8 cm³/mol. The molecule has 0 saturated heterocycles. The first-order chi connectivity index (χ1) is 10.7. The molecule has 0 aromatic carbocycles. The van der Waals surface area contributed by atoms with Crippen LogP contribution in [0.5, 0.6) is 0 Å². The number of unbranched alkanes of at least 4 members (excludes halogenated alkanes) is 4. The Morgan fingerprint density at radius 3 is 1.59 bits per heavy atom. The van der Waals surface area contributed by atoms with Crippen LogP contribution in [0.4, 0.5) is 0 Å². The summed E-state index contributed by atoms with van der Waals surface area (Å²) in [6.07, 6.45) is 17.3. The van der Waals surface area contributed by atoms with Gasteiger partial charge in [-0.1, -0.05) is 39.0 Å². The summed E-state index contributed by atoms with van der Waals surface area (Å²) in [6.45, 7) is 2.28. The van der Waals surface area contributed by atoms with Crippen molar-refractivity contribution in [3.8, 4) is 0 Å². The molecule has 2 aliphatic rings. The Balaban J connectivity index is 1.83. The zero-order valence-corrected chi connectivity index (χ0v) is 14.7. The number of aliphatic hydroxyl groups excluding tert-OH is 2. The highest BCUT2D eigenvalue weighted by atomic mass is 16.3. The van der Waals surface area contributed by atoms with Crippen LogP contribution in [0.1, 0.15) is 96.8 Å². The first-order valence-corrected chi connectivity index (χ1v) is 10.1. The standard InChI is InChI=1S/C20H38O2/c1-2-3-4-5-6-7-20(16-8-12-18(21)13-9-16)17-10-14-19(22)15-11-17/h16-22H,2-15H2,1H3. The molecule has 0 bridgehead atoms. The number of hydrogen-bond donors (Lipinski definition) is 2. The van der Waals surface area contributed by atoms with E-state index in [1.165, 1.54) is 64.2 Å². The van der Waals surface area contributed by atoms with Crippen molar-refractivity contribution in [3.63, 3.8) is 0 Å². The highest BCUT2D eigenvalue weighted by Crippen LogP contribution is 2.42. The summed E-state index contributed by atoms with van der Waals surface area (Å²) in [5, 5.41) is 19.6. The van der Waals surface area contributed by atoms with Crippen LogP contribution in [0.15, 0.2) is 0 Å². The maximum absolute atomic E-state index is 9.79. The maximum atomic E-state index is 9.79. The molecule has 0 spiro atoms. The third-order valence-electron chi connectivity index (χ3n) is 6.33. The van der Waals surface area contributed by atoms with Gasteiger partial charge in [0.15, 0.2) is 0 Å². The van der Waals surface area contributed by atoms with Gasteiger partial charge in [0.25, 0.3) is 0 Å². The Kier molecular flexibility index (Phi) is 8.24. The lowest BCUT2D eigenvalue weighted by Gasteiger charge is -2.39. The summed E-state index contributed by atoms with van der Waals surface area (Å²) in [5.41, 5.74) is 0. The van der Waals surface area contributed by atoms with E-state index in [9.17, 15) is 10.2 Å². The molecule has 0 heterocycles. The summed E-state index contributed by atoms with van der Waals surface area (Å²) in [6, 6.07) is 0. The van der Waals surface area contributed by atoms with Crippen molar-refractivity contribution in [2.75, 3.05) is 0 Å². The van der Waals surface area contributed by atoms with E-state index in [-0.39, 0.29) is 12.2 Å². The van der Waals surface area contributed by atoms with Crippen LogP contribution in [-0.2, 0) is 0 Å². The molecule has 2 heteroatoms. The van der Waals surface area contributed by atoms with Crippen LogP contribution in [0.3, 0.4) is 0 Å². The molecular weight excluding hydrogens is 272 g/mol. The average Bonchev–Trinajstić information content (AvgIpc) is 2.53. The Morgan fingerprint density at radius 2 is 1.14 bits per heavy atom. The van der Waals surface area contributed by atoms with Gasteiger partial charge in [-0.05, 0) is 75.5 Å². The number of hydrogen-bond acceptors (Lipinski definition) is 2. The minimum absolute atomic E-state index is 0.0327. The monoisotopic (exact) mass is 310 g/mol. The molecule has 2 aliphatic carbocycles. The third-order valence-corrected chi connectivity index (χ3v) is 6.33. The summed E-state index contributed by atoms with van der Waals surface area (Å²) in [5.74, 6) is 2.55. The summed E-state index contributed by atoms with van der Waals surface area (Å²) < 4.78 is 0. The molecule has 2 saturated carbocycles. The Labute approximate surface area is 137 Å². The first-order valence-electron chi connectivity index (χ1n) is 10.1. The molecule has 2 N–H and O–H groups in total. The number of aliphatic hydroxyl groups is 2. The molecule has 2 fully saturated rings. The summed E-state index contributed by atoms with van der Waals surface area (Å²) >= 11 is 0. The van der Waals surface area contributed by atoms with Crippen molar-refractivity contribution >= 4 is 0 Å². The van der Waals surface area contributed by atoms with Gasteiger partial charge in [0.05, 0.1) is 12.2 Å². The fourth-order valence-electron chi connectivity index (χ4n) is 4.90. The first kappa shape index (κ1) is 18.3. The van der Waals surface area contributed by atoms with E-state index >= 15 is 0 Å². The van der Waals surface area contributed by atoms with Gasteiger partial charge < -0.3 is 10.2 Å². The fraction of sp³-hybridized carbons (Fsp3) is 1.00. The van der Waals surface area contributed by atoms with E-state index < -0.39 is 0 Å². The molecule has 0 aromatic heterocycles. The molecule has 0 radical (unpaired) electrons. The zero-order valence-electron chi connectivity index (χ0n) is 14.7. The Morgan fingerprint density at radius 1 is 0.682 bits per heavy atom. The largest absolute Gasteiger partial charge is 0.393 e. The van der Waals surface area contributed by atoms with E-state index in [1.807, 2.05) is 0 Å². The Hall–Kier alpha value is -0.0800. The van der Waals surface area contributed by atoms with Crippen LogP contribution in [0.2, 0.25) is 0 Å². The van der Waals surface area contributed by atoms with E-state index in [0.29, 0.717) is 0 Å². The second-order valence-corrected chi connectivity index (χ2v) is 8.00. The van der Waals surface area contributed by atoms with Crippen molar-refractivity contribution in [1.82, 2.24) is 0 Å². The molecule has 0 aromatic rings. The van der Waals surface area contributed by atoms with Gasteiger partial charge in [-0.15, -0.1) is 0 Å². The van der Waals surface area contributed by atoms with Gasteiger partial charge in [0.2, 0.25) is 0 Å². The van der Waals surface area contributed by atoms with Crippen LogP contribution in [0.25, 0.3) is 0 Å². The van der Waals surface area contributed by atoms with Gasteiger partial charge >= 0.3 is 0 Å². The smallest absolute Gasteiger partial charge is 0.0540 e. The third kappa shape index (κ3) is 5.85. The molecule has 0 atom stereocenters. The normalized spacial score (nSPS) is 34.5. The lowest BCUT2D eigenvalue weighted by atomic mass is 9.67. The average molecular weight is 311 g/mol. The van der Waals surface area contributed by atoms with Gasteiger partial charge in [-0.2, -0.15) is 0 Å². The van der Waals surface area contributed by atoms with E-state index in [1.54, 1.807) is 0 Å². The lowest BCUT2D eigenvalue weighted by molar-refractivity contribution is 0.0423. The van der Waals surface area contributed by atoms with E-state index in [4.69, 9.17) is 0 Å². The second-order valence-electron chi connectivity index (χ2n) is 8.00. The van der Waals surface area contributed by atoms with Gasteiger partial charge in [-0.25, -0.2) is 0 Å². The van der Waals surface area contributed by atoms with E-state index in [0.717, 1.165) is 43.4 Å². The predicted octanol–water partition coefficient (Wildman–Crippen LogP) is 5.07. The van der Waals surface area contributed by atoms with Crippen LogP contribution < -0.4 is 0 Å². The minimum atomic E-state index is -0.0327. The van der Waals surface area contributed by atoms with Crippen molar-refractivity contribution < 1.29 is 10.2 Å². The quantitative estimate of drug-likeness (QED) is 0.615. The Bertz CT molecular complexity index is 253. The molecule has 0 aliphatic heterocycles. The molecule has 2 nitrogen and oxygen atoms in total. The van der Waals surface area contributed by atoms with Gasteiger partial charge in [0, 0.05) is 0 Å². The van der Waals surface area contributed by atoms with Crippen LogP contribution in [0, 0.1) is 17.8 Å². The zero-order chi connectivity index (χ0) is 15.8. The summed E-state index contributed by atoms with van der Waals surface area (Å²) in [4.78, 5) is 0. The fourth-order valence-corrected chi connectivity index (χ4v) is 4.90. The van der Waals surface area contributed by atoms with Crippen LogP contribution in [-0.4, -0.2) is 22.4 Å². The summed E-state index contributed by atoms with van der Waals surface area (Å²) in [7, 11) is 0. The highest BCUT2D eigenvalue weighted by Gasteiger charge is 2.33. The second kappa shape index (κ2) is 9.93. The molecule has 22 heavy (non-hydrogen) atoms. The van der Waals surface area contributed by atoms with Crippen molar-refractivity contribution in [2.24, 2.45) is 17.8 Å². The molecule has 0 amide bonds. The van der Waals surface area contributed by atoms with E-state index in [2.05, 4.69) is 6.92 Å². The molecule has 130 valence electrons. The lowest BCUT2D eigenvalue weighted by Crippen LogP contribution is -2.32. The van der Waals surface area contributed by atoms with Crippen molar-refractivity contribution in [2.45, 2.75) is 109 Å². The van der Waals surface area contributed by atoms with Crippen molar-refractivity contribution in [3.05, 3.63) is 0 Å². The van der Waals surface area contributed by atoms with Crippen molar-refractivity contribution in [1.29, 1.82) is 0 Å². The maximum Gasteiger partial charge on any atom is 0.0540 e. The van der Waals surface area contributed by atoms with Crippen LogP contribution >= 0.6 is 0 Å².